The third-order valence-corrected chi connectivity index (χ3v) is 5.40. The Kier molecular flexibility index (Phi) is 4.61. The van der Waals surface area contributed by atoms with E-state index in [0.29, 0.717) is 51.4 Å². The van der Waals surface area contributed by atoms with Gasteiger partial charge in [0.1, 0.15) is 16.8 Å². The first kappa shape index (κ1) is 19.2. The lowest BCUT2D eigenvalue weighted by atomic mass is 10.1. The molecule has 0 radical (unpaired) electrons. The fourth-order valence-electron chi connectivity index (χ4n) is 3.55. The molecular weight excluding hydrogens is 403 g/mol. The van der Waals surface area contributed by atoms with Crippen LogP contribution in [0.5, 0.6) is 5.75 Å². The van der Waals surface area contributed by atoms with E-state index in [2.05, 4.69) is 30.8 Å². The minimum absolute atomic E-state index is 0.208. The molecule has 1 aliphatic rings. The molecule has 5 rings (SSSR count). The standard InChI is InChI=1S/C21H19FN6O3/c1-23-19-18-13(7-17(27-28-18)26-20(29)12-5-10(12)8-22)14(9-24-19)21-25-15-6-11(30-2)3-4-16(15)31-21/h3-4,6-7,9-10,12H,5,8H2,1-2H3,(H,23,24)(H,26,27,29)/t10-,12-/m0/s1. The molecule has 31 heavy (non-hydrogen) atoms. The number of benzene rings is 1. The van der Waals surface area contributed by atoms with E-state index in [1.54, 1.807) is 44.6 Å². The summed E-state index contributed by atoms with van der Waals surface area (Å²) >= 11 is 0. The second-order valence-electron chi connectivity index (χ2n) is 7.36. The highest BCUT2D eigenvalue weighted by Crippen LogP contribution is 2.40. The second-order valence-corrected chi connectivity index (χ2v) is 7.36. The molecule has 0 bridgehead atoms. The number of methoxy groups -OCH3 is 1. The number of hydrogen-bond acceptors (Lipinski definition) is 8. The van der Waals surface area contributed by atoms with E-state index in [4.69, 9.17) is 9.15 Å². The maximum Gasteiger partial charge on any atom is 0.229 e. The Balaban J connectivity index is 1.58. The van der Waals surface area contributed by atoms with Crippen molar-refractivity contribution in [3.63, 3.8) is 0 Å². The van der Waals surface area contributed by atoms with Gasteiger partial charge in [-0.25, -0.2) is 9.97 Å². The van der Waals surface area contributed by atoms with Crippen LogP contribution in [0, 0.1) is 11.8 Å². The summed E-state index contributed by atoms with van der Waals surface area (Å²) in [7, 11) is 3.32. The van der Waals surface area contributed by atoms with E-state index < -0.39 is 6.67 Å². The predicted octanol–water partition coefficient (Wildman–Crippen LogP) is 3.43. The highest BCUT2D eigenvalue weighted by Gasteiger charge is 2.43. The van der Waals surface area contributed by atoms with Crippen molar-refractivity contribution >= 4 is 39.5 Å². The van der Waals surface area contributed by atoms with E-state index in [-0.39, 0.29) is 23.6 Å². The van der Waals surface area contributed by atoms with Crippen LogP contribution in [0.3, 0.4) is 0 Å². The molecule has 1 aromatic carbocycles. The Bertz CT molecular complexity index is 1310. The maximum absolute atomic E-state index is 12.7. The van der Waals surface area contributed by atoms with Crippen molar-refractivity contribution in [2.75, 3.05) is 31.5 Å². The van der Waals surface area contributed by atoms with Gasteiger partial charge >= 0.3 is 0 Å². The van der Waals surface area contributed by atoms with Crippen LogP contribution in [0.4, 0.5) is 16.0 Å². The van der Waals surface area contributed by atoms with Crippen LogP contribution in [0.15, 0.2) is 34.9 Å². The van der Waals surface area contributed by atoms with Crippen LogP contribution in [0.25, 0.3) is 33.5 Å². The average molecular weight is 422 g/mol. The van der Waals surface area contributed by atoms with Gasteiger partial charge < -0.3 is 19.8 Å². The quantitative estimate of drug-likeness (QED) is 0.486. The number of anilines is 2. The fraction of sp³-hybridized carbons (Fsp3) is 0.286. The molecule has 158 valence electrons. The number of carbonyl (C=O) groups is 1. The van der Waals surface area contributed by atoms with Gasteiger partial charge in [-0.1, -0.05) is 0 Å². The van der Waals surface area contributed by atoms with Gasteiger partial charge in [-0.15, -0.1) is 10.2 Å². The summed E-state index contributed by atoms with van der Waals surface area (Å²) < 4.78 is 23.9. The van der Waals surface area contributed by atoms with E-state index >= 15 is 0 Å². The number of amides is 1. The van der Waals surface area contributed by atoms with Gasteiger partial charge in [0, 0.05) is 30.6 Å². The van der Waals surface area contributed by atoms with Gasteiger partial charge in [0.15, 0.2) is 17.2 Å². The summed E-state index contributed by atoms with van der Waals surface area (Å²) in [4.78, 5) is 21.3. The lowest BCUT2D eigenvalue weighted by Crippen LogP contribution is -2.16. The van der Waals surface area contributed by atoms with Crippen LogP contribution in [-0.2, 0) is 4.79 Å². The molecule has 1 fully saturated rings. The summed E-state index contributed by atoms with van der Waals surface area (Å²) in [5, 5.41) is 14.7. The summed E-state index contributed by atoms with van der Waals surface area (Å²) in [6.07, 6.45) is 2.18. The van der Waals surface area contributed by atoms with Gasteiger partial charge in [-0.05, 0) is 30.5 Å². The molecule has 0 aliphatic heterocycles. The van der Waals surface area contributed by atoms with Crippen molar-refractivity contribution < 1.29 is 18.3 Å². The molecule has 4 aromatic rings. The molecule has 0 saturated heterocycles. The third-order valence-electron chi connectivity index (χ3n) is 5.40. The monoisotopic (exact) mass is 422 g/mol. The molecule has 0 unspecified atom stereocenters. The molecule has 2 N–H and O–H groups in total. The van der Waals surface area contributed by atoms with Crippen molar-refractivity contribution in [3.8, 4) is 17.2 Å². The zero-order chi connectivity index (χ0) is 21.5. The van der Waals surface area contributed by atoms with E-state index in [9.17, 15) is 9.18 Å². The number of aromatic nitrogens is 4. The first-order valence-corrected chi connectivity index (χ1v) is 9.77. The molecule has 10 heteroatoms. The Morgan fingerprint density at radius 1 is 1.32 bits per heavy atom. The Labute approximate surface area is 176 Å². The second kappa shape index (κ2) is 7.46. The van der Waals surface area contributed by atoms with Crippen molar-refractivity contribution in [1.29, 1.82) is 0 Å². The van der Waals surface area contributed by atoms with Crippen molar-refractivity contribution in [2.45, 2.75) is 6.42 Å². The Morgan fingerprint density at radius 2 is 2.19 bits per heavy atom. The predicted molar refractivity (Wildman–Crippen MR) is 113 cm³/mol. The molecule has 2 atom stereocenters. The highest BCUT2D eigenvalue weighted by atomic mass is 19.1. The molecule has 3 heterocycles. The van der Waals surface area contributed by atoms with Gasteiger partial charge in [0.2, 0.25) is 11.8 Å². The minimum atomic E-state index is -0.495. The summed E-state index contributed by atoms with van der Waals surface area (Å²) in [6, 6.07) is 7.05. The summed E-state index contributed by atoms with van der Waals surface area (Å²) in [6.45, 7) is -0.495. The molecule has 1 amide bonds. The first-order chi connectivity index (χ1) is 15.1. The number of fused-ring (bicyclic) bond motifs is 2. The van der Waals surface area contributed by atoms with Gasteiger partial charge in [0.05, 0.1) is 19.3 Å². The van der Waals surface area contributed by atoms with Gasteiger partial charge in [0.25, 0.3) is 0 Å². The number of pyridine rings is 1. The smallest absolute Gasteiger partial charge is 0.229 e. The van der Waals surface area contributed by atoms with Crippen LogP contribution in [0.2, 0.25) is 0 Å². The molecule has 0 spiro atoms. The van der Waals surface area contributed by atoms with Crippen LogP contribution in [-0.4, -0.2) is 46.9 Å². The van der Waals surface area contributed by atoms with Gasteiger partial charge in [-0.2, -0.15) is 0 Å². The average Bonchev–Trinajstić information content (AvgIpc) is 3.48. The van der Waals surface area contributed by atoms with E-state index in [1.807, 2.05) is 0 Å². The van der Waals surface area contributed by atoms with Gasteiger partial charge in [-0.3, -0.25) is 9.18 Å². The van der Waals surface area contributed by atoms with Crippen LogP contribution >= 0.6 is 0 Å². The molecule has 3 aromatic heterocycles. The number of hydrogen-bond donors (Lipinski definition) is 2. The largest absolute Gasteiger partial charge is 0.497 e. The topological polar surface area (TPSA) is 115 Å². The first-order valence-electron chi connectivity index (χ1n) is 9.77. The number of alkyl halides is 1. The number of rotatable bonds is 6. The number of carbonyl (C=O) groups excluding carboxylic acids is 1. The van der Waals surface area contributed by atoms with Crippen molar-refractivity contribution in [1.82, 2.24) is 20.2 Å². The Morgan fingerprint density at radius 3 is 2.94 bits per heavy atom. The highest BCUT2D eigenvalue weighted by molar-refractivity contribution is 6.01. The SMILES string of the molecule is CNc1ncc(-c2nc3cc(OC)ccc3o2)c2cc(NC(=O)[C@H]3C[C@H]3CF)nnc12. The van der Waals surface area contributed by atoms with Crippen LogP contribution in [0.1, 0.15) is 6.42 Å². The van der Waals surface area contributed by atoms with Crippen LogP contribution < -0.4 is 15.4 Å². The molecule has 1 saturated carbocycles. The molecule has 9 nitrogen and oxygen atoms in total. The normalized spacial score (nSPS) is 17.6. The number of oxazole rings is 1. The number of ether oxygens (including phenoxy) is 1. The molecule has 1 aliphatic carbocycles. The third kappa shape index (κ3) is 3.39. The minimum Gasteiger partial charge on any atom is -0.497 e. The lowest BCUT2D eigenvalue weighted by Gasteiger charge is -2.09. The number of nitrogens with zero attached hydrogens (tertiary/aromatic N) is 4. The number of nitrogens with one attached hydrogen (secondary N) is 2. The molecular formula is C21H19FN6O3. The van der Waals surface area contributed by atoms with Crippen molar-refractivity contribution in [3.05, 3.63) is 30.5 Å². The number of halogens is 1. The van der Waals surface area contributed by atoms with Crippen molar-refractivity contribution in [2.24, 2.45) is 11.8 Å². The lowest BCUT2D eigenvalue weighted by molar-refractivity contribution is -0.117. The fourth-order valence-corrected chi connectivity index (χ4v) is 3.55. The zero-order valence-corrected chi connectivity index (χ0v) is 16.8. The summed E-state index contributed by atoms with van der Waals surface area (Å²) in [5.74, 6) is 1.04. The van der Waals surface area contributed by atoms with E-state index in [1.165, 1.54) is 0 Å². The van der Waals surface area contributed by atoms with E-state index in [0.717, 1.165) is 0 Å². The summed E-state index contributed by atoms with van der Waals surface area (Å²) in [5.41, 5.74) is 2.35. The zero-order valence-electron chi connectivity index (χ0n) is 16.8. The maximum atomic E-state index is 12.7. The Hall–Kier alpha value is -3.82.